The predicted molar refractivity (Wildman–Crippen MR) is 75.6 cm³/mol. The predicted octanol–water partition coefficient (Wildman–Crippen LogP) is 2.30. The van der Waals surface area contributed by atoms with Crippen molar-refractivity contribution in [2.75, 3.05) is 20.0 Å². The van der Waals surface area contributed by atoms with E-state index in [1.807, 2.05) is 33.0 Å². The highest BCUT2D eigenvalue weighted by molar-refractivity contribution is 5.72. The van der Waals surface area contributed by atoms with Crippen molar-refractivity contribution in [2.45, 2.75) is 13.8 Å². The van der Waals surface area contributed by atoms with Crippen molar-refractivity contribution < 1.29 is 9.47 Å². The van der Waals surface area contributed by atoms with Gasteiger partial charge in [-0.1, -0.05) is 0 Å². The maximum absolute atomic E-state index is 5.84. The van der Waals surface area contributed by atoms with Crippen LogP contribution in [0.15, 0.2) is 12.1 Å². The minimum absolute atomic E-state index is 0.627. The van der Waals surface area contributed by atoms with Crippen molar-refractivity contribution in [2.24, 2.45) is 7.05 Å². The summed E-state index contributed by atoms with van der Waals surface area (Å²) >= 11 is 0. The van der Waals surface area contributed by atoms with E-state index in [9.17, 15) is 0 Å². The average molecular weight is 261 g/mol. The minimum atomic E-state index is 0.627. The lowest BCUT2D eigenvalue weighted by molar-refractivity contribution is 0.353. The van der Waals surface area contributed by atoms with Crippen LogP contribution in [0.5, 0.6) is 11.5 Å². The molecule has 2 aromatic rings. The smallest absolute Gasteiger partial charge is 0.163 e. The molecule has 0 spiro atoms. The van der Waals surface area contributed by atoms with E-state index < -0.39 is 0 Å². The summed E-state index contributed by atoms with van der Waals surface area (Å²) < 4.78 is 12.4. The molecule has 0 saturated heterocycles. The molecule has 1 aromatic carbocycles. The molecule has 0 saturated carbocycles. The Morgan fingerprint density at radius 2 is 1.79 bits per heavy atom. The third-order valence-corrected chi connectivity index (χ3v) is 3.42. The molecular weight excluding hydrogens is 242 g/mol. The van der Waals surface area contributed by atoms with Gasteiger partial charge in [0.15, 0.2) is 11.5 Å². The molecule has 0 fully saturated rings. The lowest BCUT2D eigenvalue weighted by atomic mass is 9.99. The average Bonchev–Trinajstić information content (AvgIpc) is 2.72. The number of ether oxygens (including phenoxy) is 2. The van der Waals surface area contributed by atoms with Gasteiger partial charge in [0.25, 0.3) is 0 Å². The Morgan fingerprint density at radius 3 is 2.26 bits per heavy atom. The summed E-state index contributed by atoms with van der Waals surface area (Å²) in [5, 5.41) is 4.41. The number of hydrogen-bond donors (Lipinski definition) is 1. The Bertz CT molecular complexity index is 598. The van der Waals surface area contributed by atoms with E-state index in [0.717, 1.165) is 28.1 Å². The number of aryl methyl sites for hydroxylation is 1. The molecule has 0 radical (unpaired) electrons. The second kappa shape index (κ2) is 4.84. The Hall–Kier alpha value is -2.17. The second-order valence-corrected chi connectivity index (χ2v) is 4.49. The number of anilines is 1. The maximum Gasteiger partial charge on any atom is 0.163 e. The number of benzene rings is 1. The van der Waals surface area contributed by atoms with E-state index in [2.05, 4.69) is 5.10 Å². The van der Waals surface area contributed by atoms with Crippen LogP contribution in [-0.4, -0.2) is 24.0 Å². The zero-order chi connectivity index (χ0) is 14.2. The number of methoxy groups -OCH3 is 2. The van der Waals surface area contributed by atoms with Gasteiger partial charge in [-0.25, -0.2) is 0 Å². The third kappa shape index (κ3) is 2.12. The lowest BCUT2D eigenvalue weighted by Gasteiger charge is -2.15. The molecule has 19 heavy (non-hydrogen) atoms. The molecule has 2 N–H and O–H groups in total. The normalized spacial score (nSPS) is 10.6. The van der Waals surface area contributed by atoms with Gasteiger partial charge in [-0.05, 0) is 31.0 Å². The Morgan fingerprint density at radius 1 is 1.11 bits per heavy atom. The fraction of sp³-hybridized carbons (Fsp3) is 0.357. The molecule has 1 aromatic heterocycles. The molecule has 102 valence electrons. The van der Waals surface area contributed by atoms with Crippen LogP contribution in [0.3, 0.4) is 0 Å². The molecule has 0 aliphatic carbocycles. The van der Waals surface area contributed by atoms with Crippen molar-refractivity contribution in [1.29, 1.82) is 0 Å². The summed E-state index contributed by atoms with van der Waals surface area (Å²) in [4.78, 5) is 0. The molecule has 1 heterocycles. The highest BCUT2D eigenvalue weighted by atomic mass is 16.5. The van der Waals surface area contributed by atoms with Crippen molar-refractivity contribution in [3.63, 3.8) is 0 Å². The molecule has 5 heteroatoms. The van der Waals surface area contributed by atoms with E-state index in [1.165, 1.54) is 0 Å². The second-order valence-electron chi connectivity index (χ2n) is 4.49. The van der Waals surface area contributed by atoms with Crippen LogP contribution >= 0.6 is 0 Å². The number of nitrogens with zero attached hydrogens (tertiary/aromatic N) is 2. The summed E-state index contributed by atoms with van der Waals surface area (Å²) in [6.07, 6.45) is 0. The molecule has 0 aliphatic rings. The molecular formula is C14H19N3O2. The largest absolute Gasteiger partial charge is 0.493 e. The lowest BCUT2D eigenvalue weighted by Crippen LogP contribution is -1.99. The van der Waals surface area contributed by atoms with Gasteiger partial charge in [-0.3, -0.25) is 4.68 Å². The molecule has 0 unspecified atom stereocenters. The number of aromatic nitrogens is 2. The maximum atomic E-state index is 5.84. The van der Waals surface area contributed by atoms with Crippen LogP contribution < -0.4 is 15.2 Å². The number of hydrogen-bond acceptors (Lipinski definition) is 4. The summed E-state index contributed by atoms with van der Waals surface area (Å²) in [7, 11) is 5.09. The highest BCUT2D eigenvalue weighted by Gasteiger charge is 2.16. The SMILES string of the molecule is COc1cc(-c2cc(N)n(C)n2)c(C)c(C)c1OC. The standard InChI is InChI=1S/C14H19N3O2/c1-8-9(2)14(19-5)12(18-4)6-10(8)11-7-13(15)17(3)16-11/h6-7H,15H2,1-5H3. The van der Waals surface area contributed by atoms with Gasteiger partial charge in [0.1, 0.15) is 5.82 Å². The summed E-state index contributed by atoms with van der Waals surface area (Å²) in [6.45, 7) is 4.05. The zero-order valence-electron chi connectivity index (χ0n) is 11.9. The van der Waals surface area contributed by atoms with Crippen molar-refractivity contribution in [3.8, 4) is 22.8 Å². The van der Waals surface area contributed by atoms with Gasteiger partial charge in [0.05, 0.1) is 19.9 Å². The van der Waals surface area contributed by atoms with Crippen LogP contribution in [-0.2, 0) is 7.05 Å². The Balaban J connectivity index is 2.67. The van der Waals surface area contributed by atoms with E-state index in [-0.39, 0.29) is 0 Å². The minimum Gasteiger partial charge on any atom is -0.493 e. The first-order valence-corrected chi connectivity index (χ1v) is 6.01. The van der Waals surface area contributed by atoms with E-state index in [0.29, 0.717) is 11.6 Å². The van der Waals surface area contributed by atoms with E-state index in [4.69, 9.17) is 15.2 Å². The van der Waals surface area contributed by atoms with Gasteiger partial charge in [-0.2, -0.15) is 5.10 Å². The monoisotopic (exact) mass is 261 g/mol. The van der Waals surface area contributed by atoms with Crippen LogP contribution in [0.4, 0.5) is 5.82 Å². The first kappa shape index (κ1) is 13.3. The number of rotatable bonds is 3. The molecule has 5 nitrogen and oxygen atoms in total. The summed E-state index contributed by atoms with van der Waals surface area (Å²) in [6, 6.07) is 3.79. The van der Waals surface area contributed by atoms with Crippen molar-refractivity contribution in [3.05, 3.63) is 23.3 Å². The number of nitrogens with two attached hydrogens (primary N) is 1. The number of nitrogen functional groups attached to an aromatic ring is 1. The summed E-state index contributed by atoms with van der Waals surface area (Å²) in [5.41, 5.74) is 9.82. The van der Waals surface area contributed by atoms with E-state index >= 15 is 0 Å². The van der Waals surface area contributed by atoms with Crippen LogP contribution in [0.1, 0.15) is 11.1 Å². The first-order chi connectivity index (χ1) is 8.99. The van der Waals surface area contributed by atoms with Crippen molar-refractivity contribution in [1.82, 2.24) is 9.78 Å². The van der Waals surface area contributed by atoms with Crippen molar-refractivity contribution >= 4 is 5.82 Å². The molecule has 0 atom stereocenters. The molecule has 2 rings (SSSR count). The van der Waals surface area contributed by atoms with Gasteiger partial charge in [0.2, 0.25) is 0 Å². The van der Waals surface area contributed by atoms with Gasteiger partial charge in [-0.15, -0.1) is 0 Å². The molecule has 0 bridgehead atoms. The highest BCUT2D eigenvalue weighted by Crippen LogP contribution is 2.39. The van der Waals surface area contributed by atoms with Crippen LogP contribution in [0.2, 0.25) is 0 Å². The topological polar surface area (TPSA) is 62.3 Å². The summed E-state index contributed by atoms with van der Waals surface area (Å²) in [5.74, 6) is 2.08. The molecule has 0 amide bonds. The van der Waals surface area contributed by atoms with Crippen LogP contribution in [0, 0.1) is 13.8 Å². The van der Waals surface area contributed by atoms with Crippen LogP contribution in [0.25, 0.3) is 11.3 Å². The first-order valence-electron chi connectivity index (χ1n) is 6.01. The zero-order valence-corrected chi connectivity index (χ0v) is 11.9. The fourth-order valence-electron chi connectivity index (χ4n) is 2.15. The Labute approximate surface area is 112 Å². The van der Waals surface area contributed by atoms with Gasteiger partial charge < -0.3 is 15.2 Å². The fourth-order valence-corrected chi connectivity index (χ4v) is 2.15. The van der Waals surface area contributed by atoms with Gasteiger partial charge in [0, 0.05) is 18.7 Å². The quantitative estimate of drug-likeness (QED) is 0.921. The van der Waals surface area contributed by atoms with Gasteiger partial charge >= 0.3 is 0 Å². The third-order valence-electron chi connectivity index (χ3n) is 3.42. The van der Waals surface area contributed by atoms with E-state index in [1.54, 1.807) is 18.9 Å². The molecule has 0 aliphatic heterocycles. The Kier molecular flexibility index (Phi) is 3.38.